The Kier molecular flexibility index (Phi) is 5.67. The summed E-state index contributed by atoms with van der Waals surface area (Å²) < 4.78 is 13.1. The summed E-state index contributed by atoms with van der Waals surface area (Å²) >= 11 is 0. The van der Waals surface area contributed by atoms with Crippen LogP contribution in [0, 0.1) is 5.82 Å². The number of carbonyl (C=O) groups is 1. The maximum Gasteiger partial charge on any atom is 0.132 e. The molecule has 0 aliphatic carbocycles. The number of carbonyl (C=O) groups excluding carboxylic acids is 1. The number of hydrogen-bond donors (Lipinski definition) is 0. The van der Waals surface area contributed by atoms with E-state index in [-0.39, 0.29) is 5.82 Å². The van der Waals surface area contributed by atoms with Crippen LogP contribution in [0.25, 0.3) is 0 Å². The van der Waals surface area contributed by atoms with E-state index in [2.05, 4.69) is 4.90 Å². The van der Waals surface area contributed by atoms with Crippen molar-refractivity contribution in [2.45, 2.75) is 33.1 Å². The number of Topliss-reactive ketones (excluding diaryl/α,β-unsaturated/α-hetero) is 1. The number of ketones is 1. The minimum absolute atomic E-state index is 0.217. The number of benzene rings is 1. The highest BCUT2D eigenvalue weighted by Gasteiger charge is 2.06. The summed E-state index contributed by atoms with van der Waals surface area (Å²) in [5.41, 5.74) is 0.886. The highest BCUT2D eigenvalue weighted by molar-refractivity contribution is 5.77. The van der Waals surface area contributed by atoms with Crippen molar-refractivity contribution in [2.24, 2.45) is 0 Å². The third kappa shape index (κ3) is 4.55. The molecule has 0 radical (unpaired) electrons. The van der Waals surface area contributed by atoms with Crippen molar-refractivity contribution < 1.29 is 9.18 Å². The van der Waals surface area contributed by atoms with E-state index in [1.165, 1.54) is 12.1 Å². The summed E-state index contributed by atoms with van der Waals surface area (Å²) in [7, 11) is 0. The van der Waals surface area contributed by atoms with Gasteiger partial charge in [0, 0.05) is 31.6 Å². The zero-order valence-electron chi connectivity index (χ0n) is 10.6. The van der Waals surface area contributed by atoms with Gasteiger partial charge in [0.1, 0.15) is 11.6 Å². The lowest BCUT2D eigenvalue weighted by atomic mass is 10.1. The van der Waals surface area contributed by atoms with Gasteiger partial charge >= 0.3 is 0 Å². The normalized spacial score (nSPS) is 10.3. The second kappa shape index (κ2) is 7.05. The first-order valence-corrected chi connectivity index (χ1v) is 6.19. The summed E-state index contributed by atoms with van der Waals surface area (Å²) in [6, 6.07) is 6.59. The van der Waals surface area contributed by atoms with Crippen LogP contribution in [0.15, 0.2) is 24.3 Å². The van der Waals surface area contributed by atoms with Crippen molar-refractivity contribution in [3.8, 4) is 0 Å². The van der Waals surface area contributed by atoms with Gasteiger partial charge in [-0.3, -0.25) is 4.79 Å². The Morgan fingerprint density at radius 1 is 1.35 bits per heavy atom. The van der Waals surface area contributed by atoms with E-state index in [9.17, 15) is 9.18 Å². The monoisotopic (exact) mass is 237 g/mol. The Balaban J connectivity index is 2.51. The molecule has 0 spiro atoms. The van der Waals surface area contributed by atoms with Gasteiger partial charge in [-0.05, 0) is 31.5 Å². The quantitative estimate of drug-likeness (QED) is 0.724. The van der Waals surface area contributed by atoms with Crippen LogP contribution in [-0.4, -0.2) is 18.9 Å². The van der Waals surface area contributed by atoms with E-state index in [1.807, 2.05) is 19.9 Å². The minimum Gasteiger partial charge on any atom is -0.372 e. The first kappa shape index (κ1) is 13.7. The summed E-state index contributed by atoms with van der Waals surface area (Å²) in [6.45, 7) is 5.54. The fourth-order valence-electron chi connectivity index (χ4n) is 1.79. The lowest BCUT2D eigenvalue weighted by Crippen LogP contribution is -2.24. The van der Waals surface area contributed by atoms with Gasteiger partial charge in [-0.1, -0.05) is 13.0 Å². The number of hydrogen-bond acceptors (Lipinski definition) is 2. The van der Waals surface area contributed by atoms with Gasteiger partial charge in [0.25, 0.3) is 0 Å². The van der Waals surface area contributed by atoms with Crippen LogP contribution >= 0.6 is 0 Å². The van der Waals surface area contributed by atoms with E-state index >= 15 is 0 Å². The number of halogens is 1. The molecule has 0 aromatic heterocycles. The van der Waals surface area contributed by atoms with Crippen LogP contribution < -0.4 is 4.90 Å². The fraction of sp³-hybridized carbons (Fsp3) is 0.500. The standard InChI is InChI=1S/C14H20FNO/c1-3-14(17)9-6-10-16(4-2)13-8-5-7-12(15)11-13/h5,7-8,11H,3-4,6,9-10H2,1-2H3. The molecular formula is C14H20FNO. The van der Waals surface area contributed by atoms with Gasteiger partial charge in [0.05, 0.1) is 0 Å². The van der Waals surface area contributed by atoms with E-state index in [0.29, 0.717) is 18.6 Å². The largest absolute Gasteiger partial charge is 0.372 e. The third-order valence-corrected chi connectivity index (χ3v) is 2.83. The van der Waals surface area contributed by atoms with Gasteiger partial charge in [0.15, 0.2) is 0 Å². The maximum absolute atomic E-state index is 13.1. The highest BCUT2D eigenvalue weighted by Crippen LogP contribution is 2.16. The predicted octanol–water partition coefficient (Wildman–Crippen LogP) is 3.41. The maximum atomic E-state index is 13.1. The van der Waals surface area contributed by atoms with Crippen LogP contribution in [-0.2, 0) is 4.79 Å². The second-order valence-corrected chi connectivity index (χ2v) is 4.06. The molecule has 0 amide bonds. The topological polar surface area (TPSA) is 20.3 Å². The number of rotatable bonds is 7. The van der Waals surface area contributed by atoms with Crippen molar-refractivity contribution in [3.05, 3.63) is 30.1 Å². The summed E-state index contributed by atoms with van der Waals surface area (Å²) in [5.74, 6) is 0.0749. The van der Waals surface area contributed by atoms with Crippen LogP contribution in [0.1, 0.15) is 33.1 Å². The van der Waals surface area contributed by atoms with E-state index < -0.39 is 0 Å². The molecule has 2 nitrogen and oxygen atoms in total. The first-order chi connectivity index (χ1) is 8.17. The van der Waals surface area contributed by atoms with Crippen molar-refractivity contribution in [1.29, 1.82) is 0 Å². The zero-order valence-corrected chi connectivity index (χ0v) is 10.6. The summed E-state index contributed by atoms with van der Waals surface area (Å²) in [6.07, 6.45) is 2.05. The molecule has 3 heteroatoms. The average Bonchev–Trinajstić information content (AvgIpc) is 2.34. The molecule has 94 valence electrons. The Hall–Kier alpha value is -1.38. The molecule has 0 saturated carbocycles. The Morgan fingerprint density at radius 2 is 2.12 bits per heavy atom. The van der Waals surface area contributed by atoms with Crippen LogP contribution in [0.2, 0.25) is 0 Å². The minimum atomic E-state index is -0.217. The van der Waals surface area contributed by atoms with Gasteiger partial charge in [-0.25, -0.2) is 4.39 Å². The van der Waals surface area contributed by atoms with Crippen molar-refractivity contribution in [1.82, 2.24) is 0 Å². The highest BCUT2D eigenvalue weighted by atomic mass is 19.1. The van der Waals surface area contributed by atoms with Gasteiger partial charge in [0.2, 0.25) is 0 Å². The van der Waals surface area contributed by atoms with Crippen LogP contribution in [0.3, 0.4) is 0 Å². The van der Waals surface area contributed by atoms with Crippen molar-refractivity contribution >= 4 is 11.5 Å². The fourth-order valence-corrected chi connectivity index (χ4v) is 1.79. The van der Waals surface area contributed by atoms with E-state index in [1.54, 1.807) is 6.07 Å². The van der Waals surface area contributed by atoms with Gasteiger partial charge < -0.3 is 4.90 Å². The second-order valence-electron chi connectivity index (χ2n) is 4.06. The Bertz CT molecular complexity index is 365. The zero-order chi connectivity index (χ0) is 12.7. The average molecular weight is 237 g/mol. The van der Waals surface area contributed by atoms with Gasteiger partial charge in [-0.2, -0.15) is 0 Å². The molecule has 0 saturated heterocycles. The third-order valence-electron chi connectivity index (χ3n) is 2.83. The molecule has 0 fully saturated rings. The predicted molar refractivity (Wildman–Crippen MR) is 68.8 cm³/mol. The lowest BCUT2D eigenvalue weighted by molar-refractivity contribution is -0.118. The molecular weight excluding hydrogens is 217 g/mol. The van der Waals surface area contributed by atoms with E-state index in [4.69, 9.17) is 0 Å². The molecule has 0 aliphatic heterocycles. The SMILES string of the molecule is CCC(=O)CCCN(CC)c1cccc(F)c1. The molecule has 1 rings (SSSR count). The molecule has 1 aromatic carbocycles. The van der Waals surface area contributed by atoms with Crippen LogP contribution in [0.5, 0.6) is 0 Å². The molecule has 1 aromatic rings. The summed E-state index contributed by atoms with van der Waals surface area (Å²) in [4.78, 5) is 13.3. The van der Waals surface area contributed by atoms with Crippen LogP contribution in [0.4, 0.5) is 10.1 Å². The number of nitrogens with zero attached hydrogens (tertiary/aromatic N) is 1. The summed E-state index contributed by atoms with van der Waals surface area (Å²) in [5, 5.41) is 0. The molecule has 0 bridgehead atoms. The molecule has 17 heavy (non-hydrogen) atoms. The Morgan fingerprint density at radius 3 is 2.71 bits per heavy atom. The van der Waals surface area contributed by atoms with E-state index in [0.717, 1.165) is 25.2 Å². The van der Waals surface area contributed by atoms with Crippen molar-refractivity contribution in [3.63, 3.8) is 0 Å². The molecule has 0 unspecified atom stereocenters. The molecule has 0 aliphatic rings. The molecule has 0 atom stereocenters. The number of anilines is 1. The Labute approximate surface area is 102 Å². The molecule has 0 N–H and O–H groups in total. The van der Waals surface area contributed by atoms with Crippen molar-refractivity contribution in [2.75, 3.05) is 18.0 Å². The van der Waals surface area contributed by atoms with Gasteiger partial charge in [-0.15, -0.1) is 0 Å². The smallest absolute Gasteiger partial charge is 0.132 e. The lowest BCUT2D eigenvalue weighted by Gasteiger charge is -2.22. The first-order valence-electron chi connectivity index (χ1n) is 6.19. The molecule has 0 heterocycles.